The molecule has 6 heteroatoms. The molecule has 88 valence electrons. The first-order chi connectivity index (χ1) is 8.09. The van der Waals surface area contributed by atoms with Gasteiger partial charge in [0.25, 0.3) is 0 Å². The minimum Gasteiger partial charge on any atom is -0.294 e. The van der Waals surface area contributed by atoms with E-state index in [1.807, 2.05) is 0 Å². The van der Waals surface area contributed by atoms with E-state index in [4.69, 9.17) is 23.2 Å². The van der Waals surface area contributed by atoms with E-state index in [0.717, 1.165) is 0 Å². The van der Waals surface area contributed by atoms with Crippen molar-refractivity contribution in [2.75, 3.05) is 0 Å². The van der Waals surface area contributed by atoms with E-state index in [1.165, 1.54) is 6.33 Å². The minimum atomic E-state index is -0.170. The van der Waals surface area contributed by atoms with Gasteiger partial charge < -0.3 is 0 Å². The summed E-state index contributed by atoms with van der Waals surface area (Å²) in [5.41, 5.74) is 0.332. The molecule has 0 spiro atoms. The topological polar surface area (TPSA) is 47.8 Å². The first-order valence-electron chi connectivity index (χ1n) is 4.89. The second-order valence-electron chi connectivity index (χ2n) is 3.50. The molecule has 2 aromatic rings. The van der Waals surface area contributed by atoms with Crippen molar-refractivity contribution in [2.24, 2.45) is 7.05 Å². The Bertz CT molecular complexity index is 545. The Kier molecular flexibility index (Phi) is 3.45. The fourth-order valence-corrected chi connectivity index (χ4v) is 2.08. The lowest BCUT2D eigenvalue weighted by atomic mass is 10.1. The predicted octanol–water partition coefficient (Wildman–Crippen LogP) is 2.55. The van der Waals surface area contributed by atoms with Crippen LogP contribution in [0.3, 0.4) is 0 Å². The fourth-order valence-electron chi connectivity index (χ4n) is 1.48. The normalized spacial score (nSPS) is 10.5. The number of rotatable bonds is 3. The molecule has 0 aliphatic heterocycles. The maximum atomic E-state index is 12.1. The Labute approximate surface area is 108 Å². The molecule has 0 fully saturated rings. The molecule has 17 heavy (non-hydrogen) atoms. The van der Waals surface area contributed by atoms with E-state index >= 15 is 0 Å². The Hall–Kier alpha value is -1.39. The zero-order valence-electron chi connectivity index (χ0n) is 9.02. The van der Waals surface area contributed by atoms with Gasteiger partial charge in [0, 0.05) is 7.05 Å². The number of benzene rings is 1. The van der Waals surface area contributed by atoms with Gasteiger partial charge in [-0.1, -0.05) is 29.3 Å². The van der Waals surface area contributed by atoms with Crippen LogP contribution in [0.25, 0.3) is 0 Å². The van der Waals surface area contributed by atoms with Crippen molar-refractivity contribution in [2.45, 2.75) is 6.42 Å². The maximum Gasteiger partial charge on any atom is 0.173 e. The fraction of sp³-hybridized carbons (Fsp3) is 0.182. The molecule has 0 aliphatic rings. The van der Waals surface area contributed by atoms with Gasteiger partial charge >= 0.3 is 0 Å². The van der Waals surface area contributed by atoms with Crippen LogP contribution in [0.5, 0.6) is 0 Å². The van der Waals surface area contributed by atoms with Gasteiger partial charge in [-0.2, -0.15) is 5.10 Å². The summed E-state index contributed by atoms with van der Waals surface area (Å²) >= 11 is 11.9. The van der Waals surface area contributed by atoms with Crippen LogP contribution >= 0.6 is 23.2 Å². The van der Waals surface area contributed by atoms with Crippen molar-refractivity contribution >= 4 is 29.0 Å². The first kappa shape index (κ1) is 12.1. The van der Waals surface area contributed by atoms with Crippen LogP contribution in [-0.2, 0) is 13.5 Å². The molecule has 2 rings (SSSR count). The van der Waals surface area contributed by atoms with Gasteiger partial charge in [0.2, 0.25) is 0 Å². The van der Waals surface area contributed by atoms with Gasteiger partial charge in [-0.05, 0) is 12.1 Å². The van der Waals surface area contributed by atoms with Crippen LogP contribution < -0.4 is 0 Å². The summed E-state index contributed by atoms with van der Waals surface area (Å²) in [7, 11) is 1.73. The van der Waals surface area contributed by atoms with Crippen LogP contribution in [0.15, 0.2) is 24.5 Å². The van der Waals surface area contributed by atoms with E-state index in [2.05, 4.69) is 10.1 Å². The molecule has 0 saturated carbocycles. The molecule has 0 radical (unpaired) electrons. The van der Waals surface area contributed by atoms with E-state index < -0.39 is 0 Å². The monoisotopic (exact) mass is 269 g/mol. The average Bonchev–Trinajstić information content (AvgIpc) is 2.64. The molecular formula is C11H9Cl2N3O. The van der Waals surface area contributed by atoms with Crippen molar-refractivity contribution in [1.29, 1.82) is 0 Å². The molecular weight excluding hydrogens is 261 g/mol. The zero-order valence-corrected chi connectivity index (χ0v) is 10.5. The lowest BCUT2D eigenvalue weighted by molar-refractivity contribution is 0.0990. The number of hydrogen-bond acceptors (Lipinski definition) is 3. The molecule has 4 nitrogen and oxygen atoms in total. The third-order valence-electron chi connectivity index (χ3n) is 2.37. The summed E-state index contributed by atoms with van der Waals surface area (Å²) in [4.78, 5) is 16.0. The Morgan fingerprint density at radius 3 is 2.53 bits per heavy atom. The Morgan fingerprint density at radius 2 is 2.00 bits per heavy atom. The number of aromatic nitrogens is 3. The molecule has 1 heterocycles. The summed E-state index contributed by atoms with van der Waals surface area (Å²) < 4.78 is 1.54. The van der Waals surface area contributed by atoms with Crippen LogP contribution in [0.2, 0.25) is 10.0 Å². The maximum absolute atomic E-state index is 12.1. The predicted molar refractivity (Wildman–Crippen MR) is 65.5 cm³/mol. The highest BCUT2D eigenvalue weighted by Gasteiger charge is 2.16. The number of Topliss-reactive ketones (excluding diaryl/α,β-unsaturated/α-hetero) is 1. The third kappa shape index (κ3) is 2.48. The molecule has 1 aromatic heterocycles. The molecule has 0 unspecified atom stereocenters. The van der Waals surface area contributed by atoms with Crippen LogP contribution in [-0.4, -0.2) is 20.5 Å². The van der Waals surface area contributed by atoms with Crippen molar-refractivity contribution in [3.63, 3.8) is 0 Å². The molecule has 0 aliphatic carbocycles. The SMILES string of the molecule is Cn1ncnc1CC(=O)c1c(Cl)cccc1Cl. The third-order valence-corrected chi connectivity index (χ3v) is 3.00. The van der Waals surface area contributed by atoms with E-state index in [-0.39, 0.29) is 12.2 Å². The van der Waals surface area contributed by atoms with Crippen molar-refractivity contribution in [1.82, 2.24) is 14.8 Å². The lowest BCUT2D eigenvalue weighted by Gasteiger charge is -2.05. The van der Waals surface area contributed by atoms with Gasteiger partial charge in [-0.3, -0.25) is 9.48 Å². The van der Waals surface area contributed by atoms with Gasteiger partial charge in [0.1, 0.15) is 12.2 Å². The zero-order chi connectivity index (χ0) is 12.4. The van der Waals surface area contributed by atoms with Gasteiger partial charge in [-0.25, -0.2) is 4.98 Å². The smallest absolute Gasteiger partial charge is 0.173 e. The van der Waals surface area contributed by atoms with Crippen LogP contribution in [0.1, 0.15) is 16.2 Å². The number of aryl methyl sites for hydroxylation is 1. The highest BCUT2D eigenvalue weighted by atomic mass is 35.5. The second kappa shape index (κ2) is 4.85. The number of hydrogen-bond donors (Lipinski definition) is 0. The average molecular weight is 270 g/mol. The number of ketones is 1. The van der Waals surface area contributed by atoms with Gasteiger partial charge in [0.05, 0.1) is 22.0 Å². The summed E-state index contributed by atoms with van der Waals surface area (Å²) in [6.07, 6.45) is 1.52. The van der Waals surface area contributed by atoms with Crippen molar-refractivity contribution in [3.8, 4) is 0 Å². The minimum absolute atomic E-state index is 0.125. The largest absolute Gasteiger partial charge is 0.294 e. The molecule has 1 aromatic carbocycles. The van der Waals surface area contributed by atoms with E-state index in [9.17, 15) is 4.79 Å². The van der Waals surface area contributed by atoms with Gasteiger partial charge in [-0.15, -0.1) is 0 Å². The number of halogens is 2. The van der Waals surface area contributed by atoms with Crippen molar-refractivity contribution < 1.29 is 4.79 Å². The van der Waals surface area contributed by atoms with E-state index in [0.29, 0.717) is 21.4 Å². The molecule has 0 bridgehead atoms. The number of carbonyl (C=O) groups excluding carboxylic acids is 1. The summed E-state index contributed by atoms with van der Waals surface area (Å²) in [5, 5.41) is 4.60. The Balaban J connectivity index is 2.30. The molecule has 0 atom stereocenters. The van der Waals surface area contributed by atoms with Gasteiger partial charge in [0.15, 0.2) is 5.78 Å². The van der Waals surface area contributed by atoms with E-state index in [1.54, 1.807) is 29.9 Å². The van der Waals surface area contributed by atoms with Crippen molar-refractivity contribution in [3.05, 3.63) is 46.0 Å². The van der Waals surface area contributed by atoms with Crippen LogP contribution in [0.4, 0.5) is 0 Å². The number of nitrogens with zero attached hydrogens (tertiary/aromatic N) is 3. The number of carbonyl (C=O) groups is 1. The highest BCUT2D eigenvalue weighted by molar-refractivity contribution is 6.39. The summed E-state index contributed by atoms with van der Waals surface area (Å²) in [5.74, 6) is 0.405. The highest BCUT2D eigenvalue weighted by Crippen LogP contribution is 2.25. The molecule has 0 amide bonds. The lowest BCUT2D eigenvalue weighted by Crippen LogP contribution is -2.10. The Morgan fingerprint density at radius 1 is 1.35 bits per heavy atom. The summed E-state index contributed by atoms with van der Waals surface area (Å²) in [6, 6.07) is 4.97. The van der Waals surface area contributed by atoms with Crippen LogP contribution in [0, 0.1) is 0 Å². The standard InChI is InChI=1S/C11H9Cl2N3O/c1-16-10(14-6-15-16)5-9(17)11-7(12)3-2-4-8(11)13/h2-4,6H,5H2,1H3. The molecule has 0 saturated heterocycles. The first-order valence-corrected chi connectivity index (χ1v) is 5.65. The summed E-state index contributed by atoms with van der Waals surface area (Å²) in [6.45, 7) is 0. The quantitative estimate of drug-likeness (QED) is 0.805. The second-order valence-corrected chi connectivity index (χ2v) is 4.31. The molecule has 0 N–H and O–H groups in total.